The Morgan fingerprint density at radius 1 is 0.259 bits per heavy atom. The van der Waals surface area contributed by atoms with Crippen molar-refractivity contribution in [2.24, 2.45) is 0 Å². The van der Waals surface area contributed by atoms with Crippen molar-refractivity contribution in [3.8, 4) is 46.0 Å². The van der Waals surface area contributed by atoms with Gasteiger partial charge in [-0.1, -0.05) is 121 Å². The van der Waals surface area contributed by atoms with Gasteiger partial charge in [0.1, 0.15) is 144 Å². The van der Waals surface area contributed by atoms with E-state index in [1.807, 2.05) is 194 Å². The lowest BCUT2D eigenvalue weighted by Gasteiger charge is -2.12. The van der Waals surface area contributed by atoms with E-state index in [4.69, 9.17) is 18.9 Å². The molecule has 8 N–H and O–H groups in total. The van der Waals surface area contributed by atoms with Crippen LogP contribution in [-0.4, -0.2) is 60.3 Å². The zero-order valence-electron chi connectivity index (χ0n) is 60.7. The number of phenolic OH excluding ortho intramolecular Hbond substituents is 4. The molecule has 4 aromatic heterocycles. The fourth-order valence-electron chi connectivity index (χ4n) is 11.4. The maximum Gasteiger partial charge on any atom is 0.147 e. The van der Waals surface area contributed by atoms with Crippen molar-refractivity contribution in [2.45, 2.75) is 54.1 Å². The molecule has 0 amide bonds. The average Bonchev–Trinajstić information content (AvgIpc) is 0.814. The summed E-state index contributed by atoms with van der Waals surface area (Å²) in [6, 6.07) is 71.8. The van der Waals surface area contributed by atoms with Crippen molar-refractivity contribution in [1.29, 1.82) is 0 Å². The number of aryl methyl sites for hydroxylation is 4. The first-order valence-electron chi connectivity index (χ1n) is 35.1. The maximum absolute atomic E-state index is 14.2. The monoisotopic (exact) mass is 1500 g/mol. The van der Waals surface area contributed by atoms with Gasteiger partial charge < -0.3 is 60.6 Å². The molecule has 0 fully saturated rings. The van der Waals surface area contributed by atoms with Gasteiger partial charge in [-0.05, 0) is 145 Å². The molecular formula is C88H72F4N12O8. The minimum Gasteiger partial charge on any atom is -0.508 e. The van der Waals surface area contributed by atoms with Gasteiger partial charge in [-0.3, -0.25) is 0 Å². The summed E-state index contributed by atoms with van der Waals surface area (Å²) in [6.45, 7) is 8.37. The number of halogens is 4. The number of nitrogens with one attached hydrogen (secondary N) is 4. The second-order valence-electron chi connectivity index (χ2n) is 25.7. The molecule has 0 aliphatic rings. The van der Waals surface area contributed by atoms with Crippen LogP contribution in [-0.2, 0) is 26.4 Å². The third-order valence-corrected chi connectivity index (χ3v) is 17.6. The number of fused-ring (bicyclic) bond motifs is 4. The van der Waals surface area contributed by atoms with Crippen LogP contribution in [0.2, 0.25) is 0 Å². The molecule has 12 aromatic carbocycles. The molecule has 0 saturated heterocycles. The number of rotatable bonds is 20. The van der Waals surface area contributed by atoms with Gasteiger partial charge in [-0.2, -0.15) is 0 Å². The van der Waals surface area contributed by atoms with Crippen molar-refractivity contribution in [1.82, 2.24) is 39.9 Å². The zero-order valence-corrected chi connectivity index (χ0v) is 60.7. The summed E-state index contributed by atoms with van der Waals surface area (Å²) in [7, 11) is 0. The van der Waals surface area contributed by atoms with Gasteiger partial charge in [0.25, 0.3) is 0 Å². The van der Waals surface area contributed by atoms with E-state index in [0.717, 1.165) is 22.3 Å². The van der Waals surface area contributed by atoms with Crippen molar-refractivity contribution in [2.75, 3.05) is 21.3 Å². The summed E-state index contributed by atoms with van der Waals surface area (Å²) in [5.74, 6) is 2.69. The second-order valence-corrected chi connectivity index (χ2v) is 25.7. The molecule has 24 heteroatoms. The minimum absolute atomic E-state index is 0.0128. The minimum atomic E-state index is -0.468. The average molecular weight is 1500 g/mol. The molecule has 0 aliphatic heterocycles. The summed E-state index contributed by atoms with van der Waals surface area (Å²) in [5.41, 5.74) is 9.41. The summed E-state index contributed by atoms with van der Waals surface area (Å²) in [6.07, 6.45) is 5.60. The summed E-state index contributed by atoms with van der Waals surface area (Å²) in [5, 5.41) is 54.0. The molecule has 20 nitrogen and oxygen atoms in total. The third kappa shape index (κ3) is 19.4. The van der Waals surface area contributed by atoms with Crippen LogP contribution in [0.5, 0.6) is 46.0 Å². The zero-order chi connectivity index (χ0) is 78.0. The Morgan fingerprint density at radius 2 is 0.464 bits per heavy atom. The van der Waals surface area contributed by atoms with E-state index >= 15 is 0 Å². The molecule has 0 bridgehead atoms. The summed E-state index contributed by atoms with van der Waals surface area (Å²) < 4.78 is 80.1. The molecule has 16 rings (SSSR count). The van der Waals surface area contributed by atoms with Crippen molar-refractivity contribution in [3.05, 3.63) is 336 Å². The van der Waals surface area contributed by atoms with Crippen LogP contribution in [0.25, 0.3) is 43.6 Å². The molecule has 0 radical (unpaired) electrons. The number of anilines is 8. The number of nitrogens with zero attached hydrogens (tertiary/aromatic N) is 8. The van der Waals surface area contributed by atoms with Crippen molar-refractivity contribution in [3.63, 3.8) is 0 Å². The molecule has 0 spiro atoms. The van der Waals surface area contributed by atoms with Crippen LogP contribution in [0.15, 0.2) is 268 Å². The quantitative estimate of drug-likeness (QED) is 0.0330. The third-order valence-electron chi connectivity index (χ3n) is 17.6. The number of phenols is 4. The fourth-order valence-corrected chi connectivity index (χ4v) is 11.4. The predicted molar refractivity (Wildman–Crippen MR) is 426 cm³/mol. The molecule has 112 heavy (non-hydrogen) atoms. The lowest BCUT2D eigenvalue weighted by Crippen LogP contribution is -1.99. The number of hydrogen-bond donors (Lipinski definition) is 8. The van der Waals surface area contributed by atoms with Crippen molar-refractivity contribution < 1.29 is 56.9 Å². The summed E-state index contributed by atoms with van der Waals surface area (Å²) >= 11 is 0. The van der Waals surface area contributed by atoms with E-state index in [9.17, 15) is 38.0 Å². The molecule has 0 saturated carbocycles. The maximum atomic E-state index is 14.2. The van der Waals surface area contributed by atoms with Crippen LogP contribution in [0, 0.1) is 51.0 Å². The molecule has 4 heterocycles. The van der Waals surface area contributed by atoms with E-state index in [2.05, 4.69) is 61.1 Å². The SMILES string of the molecule is Cc1cc(F)c(Nc2ncnc3cc(OCc4ccccc4)ccc23)cc1O.Cc1cc(F)c(Nc2ncnc3cc(OCc4ccccc4)ccc23)cc1O.Cc1cc(F)c(Nc2ncnc3cc(OCc4ccccc4)ccc23)cc1O.Cc1cc(F)c(Nc2ncnc3cc(OCc4ccccc4)ccc23)cc1O. The Kier molecular flexibility index (Phi) is 23.9. The number of aromatic nitrogens is 8. The lowest BCUT2D eigenvalue weighted by atomic mass is 10.2. The Balaban J connectivity index is 0.000000131. The number of aromatic hydroxyl groups is 4. The smallest absolute Gasteiger partial charge is 0.147 e. The molecule has 0 atom stereocenters. The lowest BCUT2D eigenvalue weighted by molar-refractivity contribution is 0.306. The molecule has 16 aromatic rings. The van der Waals surface area contributed by atoms with E-state index < -0.39 is 23.3 Å². The predicted octanol–water partition coefficient (Wildman–Crippen LogP) is 20.4. The van der Waals surface area contributed by atoms with E-state index in [1.165, 1.54) is 73.8 Å². The number of benzene rings is 12. The highest BCUT2D eigenvalue weighted by Crippen LogP contribution is 2.36. The molecular weight excluding hydrogens is 1430 g/mol. The van der Waals surface area contributed by atoms with Gasteiger partial charge in [0.05, 0.1) is 44.8 Å². The van der Waals surface area contributed by atoms with E-state index in [-0.39, 0.29) is 45.7 Å². The Morgan fingerprint density at radius 3 is 0.670 bits per heavy atom. The highest BCUT2D eigenvalue weighted by molar-refractivity contribution is 5.94. The molecule has 0 aliphatic carbocycles. The van der Waals surface area contributed by atoms with Gasteiger partial charge in [-0.25, -0.2) is 57.4 Å². The molecule has 0 unspecified atom stereocenters. The standard InChI is InChI=1S/4C22H18FN3O2/c4*1-14-9-18(23)20(11-21(14)27)26-22-17-8-7-16(10-19(17)24-13-25-22)28-12-15-5-3-2-4-6-15/h4*2-11,13,27H,12H2,1H3,(H,24,25,26). The Bertz CT molecular complexity index is 5260. The number of hydrogen-bond acceptors (Lipinski definition) is 20. The van der Waals surface area contributed by atoms with Crippen LogP contribution in [0.1, 0.15) is 44.5 Å². The topological polar surface area (TPSA) is 269 Å². The molecule has 560 valence electrons. The fraction of sp³-hybridized carbons (Fsp3) is 0.0909. The summed E-state index contributed by atoms with van der Waals surface area (Å²) in [4.78, 5) is 33.9. The highest BCUT2D eigenvalue weighted by atomic mass is 19.1. The normalized spacial score (nSPS) is 10.8. The second kappa shape index (κ2) is 35.4. The van der Waals surface area contributed by atoms with Crippen LogP contribution < -0.4 is 40.2 Å². The van der Waals surface area contributed by atoms with Crippen LogP contribution in [0.4, 0.5) is 63.6 Å². The first kappa shape index (κ1) is 75.6. The van der Waals surface area contributed by atoms with Gasteiger partial charge in [-0.15, -0.1) is 0 Å². The van der Waals surface area contributed by atoms with Crippen LogP contribution in [0.3, 0.4) is 0 Å². The van der Waals surface area contributed by atoms with Gasteiger partial charge >= 0.3 is 0 Å². The largest absolute Gasteiger partial charge is 0.508 e. The number of ether oxygens (including phenoxy) is 4. The van der Waals surface area contributed by atoms with Gasteiger partial charge in [0.2, 0.25) is 0 Å². The first-order chi connectivity index (χ1) is 54.4. The van der Waals surface area contributed by atoms with E-state index in [0.29, 0.717) is 139 Å². The first-order valence-corrected chi connectivity index (χ1v) is 35.1. The van der Waals surface area contributed by atoms with Crippen molar-refractivity contribution >= 4 is 89.6 Å². The van der Waals surface area contributed by atoms with Gasteiger partial charge in [0.15, 0.2) is 0 Å². The Labute approximate surface area is 640 Å². The highest BCUT2D eigenvalue weighted by Gasteiger charge is 2.17. The van der Waals surface area contributed by atoms with Crippen LogP contribution >= 0.6 is 0 Å². The van der Waals surface area contributed by atoms with E-state index in [1.54, 1.807) is 27.7 Å². The van der Waals surface area contributed by atoms with Gasteiger partial charge in [0, 0.05) is 70.1 Å². The Hall–Kier alpha value is -14.7.